The molecule has 1 rings (SSSR count). The number of ether oxygens (including phenoxy) is 1. The van der Waals surface area contributed by atoms with E-state index in [-0.39, 0.29) is 12.0 Å². The zero-order chi connectivity index (χ0) is 15.4. The van der Waals surface area contributed by atoms with E-state index in [0.717, 1.165) is 5.56 Å². The summed E-state index contributed by atoms with van der Waals surface area (Å²) in [5.74, 6) is 0. The van der Waals surface area contributed by atoms with Crippen LogP contribution in [0.25, 0.3) is 0 Å². The van der Waals surface area contributed by atoms with Gasteiger partial charge in [-0.25, -0.2) is 4.79 Å². The first-order valence-corrected chi connectivity index (χ1v) is 6.85. The molecule has 0 heterocycles. The number of nitrogens with one attached hydrogen (secondary N) is 1. The molecule has 0 fully saturated rings. The van der Waals surface area contributed by atoms with E-state index >= 15 is 0 Å². The minimum Gasteiger partial charge on any atom is -0.444 e. The molecule has 1 aromatic carbocycles. The van der Waals surface area contributed by atoms with Gasteiger partial charge in [0.2, 0.25) is 0 Å². The second-order valence-corrected chi connectivity index (χ2v) is 6.57. The molecule has 4 nitrogen and oxygen atoms in total. The van der Waals surface area contributed by atoms with Crippen molar-refractivity contribution < 1.29 is 14.6 Å². The summed E-state index contributed by atoms with van der Waals surface area (Å²) in [5.41, 5.74) is 1.11. The number of hydrogen-bond acceptors (Lipinski definition) is 3. The maximum Gasteiger partial charge on any atom is 0.412 e. The number of carbonyl (C=O) groups is 1. The number of carbonyl (C=O) groups excluding carboxylic acids is 1. The molecule has 0 atom stereocenters. The first kappa shape index (κ1) is 16.5. The Morgan fingerprint density at radius 3 is 2.45 bits per heavy atom. The zero-order valence-electron chi connectivity index (χ0n) is 13.0. The Morgan fingerprint density at radius 1 is 1.25 bits per heavy atom. The molecule has 0 spiro atoms. The summed E-state index contributed by atoms with van der Waals surface area (Å²) in [4.78, 5) is 11.7. The second kappa shape index (κ2) is 6.27. The average Bonchev–Trinajstić information content (AvgIpc) is 2.26. The third-order valence-electron chi connectivity index (χ3n) is 3.03. The quantitative estimate of drug-likeness (QED) is 0.883. The van der Waals surface area contributed by atoms with Crippen LogP contribution < -0.4 is 5.32 Å². The Labute approximate surface area is 121 Å². The van der Waals surface area contributed by atoms with Crippen molar-refractivity contribution in [2.75, 3.05) is 11.9 Å². The summed E-state index contributed by atoms with van der Waals surface area (Å²) in [6, 6.07) is 7.62. The van der Waals surface area contributed by atoms with Gasteiger partial charge in [-0.2, -0.15) is 0 Å². The van der Waals surface area contributed by atoms with Crippen LogP contribution in [0.1, 0.15) is 46.6 Å². The van der Waals surface area contributed by atoms with Crippen molar-refractivity contribution in [3.63, 3.8) is 0 Å². The van der Waals surface area contributed by atoms with Crippen molar-refractivity contribution >= 4 is 11.8 Å². The van der Waals surface area contributed by atoms with Crippen LogP contribution in [0, 0.1) is 0 Å². The highest BCUT2D eigenvalue weighted by Crippen LogP contribution is 2.28. The largest absolute Gasteiger partial charge is 0.444 e. The third-order valence-corrected chi connectivity index (χ3v) is 3.03. The van der Waals surface area contributed by atoms with E-state index in [1.165, 1.54) is 0 Å². The summed E-state index contributed by atoms with van der Waals surface area (Å²) >= 11 is 0. The van der Waals surface area contributed by atoms with E-state index in [4.69, 9.17) is 9.84 Å². The molecular formula is C16H25NO3. The van der Waals surface area contributed by atoms with Crippen LogP contribution in [0.3, 0.4) is 0 Å². The first-order chi connectivity index (χ1) is 9.14. The van der Waals surface area contributed by atoms with Gasteiger partial charge in [0.15, 0.2) is 0 Å². The minimum atomic E-state index is -0.516. The maximum absolute atomic E-state index is 11.7. The van der Waals surface area contributed by atoms with Gasteiger partial charge in [0.25, 0.3) is 0 Å². The maximum atomic E-state index is 11.7. The Morgan fingerprint density at radius 2 is 1.90 bits per heavy atom. The fraction of sp³-hybridized carbons (Fsp3) is 0.562. The summed E-state index contributed by atoms with van der Waals surface area (Å²) in [6.45, 7) is 9.75. The molecule has 0 saturated heterocycles. The predicted molar refractivity (Wildman–Crippen MR) is 81.0 cm³/mol. The summed E-state index contributed by atoms with van der Waals surface area (Å²) in [7, 11) is 0. The van der Waals surface area contributed by atoms with Crippen molar-refractivity contribution in [1.29, 1.82) is 0 Å². The Bertz CT molecular complexity index is 461. The molecule has 1 amide bonds. The van der Waals surface area contributed by atoms with Crippen molar-refractivity contribution in [2.45, 2.75) is 52.1 Å². The van der Waals surface area contributed by atoms with Crippen molar-refractivity contribution in [2.24, 2.45) is 0 Å². The predicted octanol–water partition coefficient (Wildman–Crippen LogP) is 3.69. The van der Waals surface area contributed by atoms with Crippen molar-refractivity contribution in [3.8, 4) is 0 Å². The molecule has 0 saturated carbocycles. The molecule has 0 aromatic heterocycles. The van der Waals surface area contributed by atoms with Gasteiger partial charge in [-0.05, 0) is 50.3 Å². The van der Waals surface area contributed by atoms with Crippen molar-refractivity contribution in [1.82, 2.24) is 0 Å². The lowest BCUT2D eigenvalue weighted by atomic mass is 9.82. The summed E-state index contributed by atoms with van der Waals surface area (Å²) < 4.78 is 5.22. The lowest BCUT2D eigenvalue weighted by Crippen LogP contribution is -2.27. The monoisotopic (exact) mass is 279 g/mol. The van der Waals surface area contributed by atoms with E-state index in [9.17, 15) is 4.79 Å². The molecule has 0 bridgehead atoms. The minimum absolute atomic E-state index is 0.136. The Balaban J connectivity index is 2.81. The molecule has 0 aliphatic carbocycles. The number of amides is 1. The number of benzene rings is 1. The lowest BCUT2D eigenvalue weighted by Gasteiger charge is -2.25. The van der Waals surface area contributed by atoms with E-state index in [1.807, 2.05) is 45.0 Å². The van der Waals surface area contributed by atoms with Crippen LogP contribution in [0.15, 0.2) is 24.3 Å². The number of aliphatic hydroxyl groups is 1. The van der Waals surface area contributed by atoms with Gasteiger partial charge < -0.3 is 9.84 Å². The topological polar surface area (TPSA) is 58.6 Å². The lowest BCUT2D eigenvalue weighted by molar-refractivity contribution is 0.0636. The fourth-order valence-electron chi connectivity index (χ4n) is 1.86. The fourth-order valence-corrected chi connectivity index (χ4v) is 1.86. The van der Waals surface area contributed by atoms with Crippen LogP contribution in [0.2, 0.25) is 0 Å². The zero-order valence-corrected chi connectivity index (χ0v) is 13.0. The molecule has 0 radical (unpaired) electrons. The normalized spacial score (nSPS) is 12.1. The van der Waals surface area contributed by atoms with Crippen LogP contribution in [-0.4, -0.2) is 23.4 Å². The van der Waals surface area contributed by atoms with Crippen LogP contribution in [0.4, 0.5) is 10.5 Å². The molecule has 4 heteroatoms. The average molecular weight is 279 g/mol. The number of anilines is 1. The number of rotatable bonds is 4. The molecular weight excluding hydrogens is 254 g/mol. The van der Waals surface area contributed by atoms with Gasteiger partial charge in [-0.3, -0.25) is 5.32 Å². The highest BCUT2D eigenvalue weighted by Gasteiger charge is 2.21. The first-order valence-electron chi connectivity index (χ1n) is 6.85. The van der Waals surface area contributed by atoms with E-state index in [1.54, 1.807) is 0 Å². The van der Waals surface area contributed by atoms with Gasteiger partial charge >= 0.3 is 6.09 Å². The van der Waals surface area contributed by atoms with Gasteiger partial charge in [-0.1, -0.05) is 26.0 Å². The molecule has 2 N–H and O–H groups in total. The highest BCUT2D eigenvalue weighted by atomic mass is 16.6. The van der Waals surface area contributed by atoms with Crippen molar-refractivity contribution in [3.05, 3.63) is 29.8 Å². The summed E-state index contributed by atoms with van der Waals surface area (Å²) in [6.07, 6.45) is 0.206. The second-order valence-electron chi connectivity index (χ2n) is 6.57. The smallest absolute Gasteiger partial charge is 0.412 e. The SMILES string of the molecule is CC(C)(C)OC(=O)Nc1cccc(C(C)(C)CCO)c1. The molecule has 1 aromatic rings. The Kier molecular flexibility index (Phi) is 5.17. The highest BCUT2D eigenvalue weighted by molar-refractivity contribution is 5.85. The third kappa shape index (κ3) is 5.21. The molecule has 0 unspecified atom stereocenters. The molecule has 20 heavy (non-hydrogen) atoms. The number of aliphatic hydroxyl groups excluding tert-OH is 1. The molecule has 112 valence electrons. The van der Waals surface area contributed by atoms with Gasteiger partial charge in [-0.15, -0.1) is 0 Å². The van der Waals surface area contributed by atoms with Crippen LogP contribution in [0.5, 0.6) is 0 Å². The Hall–Kier alpha value is -1.55. The van der Waals surface area contributed by atoms with E-state index < -0.39 is 11.7 Å². The standard InChI is InChI=1S/C16H25NO3/c1-15(2,3)20-14(19)17-13-8-6-7-12(11-13)16(4,5)9-10-18/h6-8,11,18H,9-10H2,1-5H3,(H,17,19). The van der Waals surface area contributed by atoms with E-state index in [2.05, 4.69) is 19.2 Å². The van der Waals surface area contributed by atoms with Gasteiger partial charge in [0.05, 0.1) is 0 Å². The van der Waals surface area contributed by atoms with Crippen LogP contribution >= 0.6 is 0 Å². The van der Waals surface area contributed by atoms with E-state index in [0.29, 0.717) is 12.1 Å². The summed E-state index contributed by atoms with van der Waals surface area (Å²) in [5, 5.41) is 11.8. The molecule has 0 aliphatic heterocycles. The number of hydrogen-bond donors (Lipinski definition) is 2. The van der Waals surface area contributed by atoms with Gasteiger partial charge in [0, 0.05) is 12.3 Å². The van der Waals surface area contributed by atoms with Gasteiger partial charge in [0.1, 0.15) is 5.60 Å². The molecule has 0 aliphatic rings. The van der Waals surface area contributed by atoms with Crippen LogP contribution in [-0.2, 0) is 10.2 Å².